The van der Waals surface area contributed by atoms with E-state index in [1.807, 2.05) is 6.92 Å². The van der Waals surface area contributed by atoms with Gasteiger partial charge in [-0.25, -0.2) is 0 Å². The molecule has 0 saturated carbocycles. The summed E-state index contributed by atoms with van der Waals surface area (Å²) in [5.41, 5.74) is 0. The number of rotatable bonds is 5. The number of likely N-dealkylation sites (N-methyl/N-ethyl adjacent to an activating group) is 1. The molecule has 1 saturated heterocycles. The van der Waals surface area contributed by atoms with Gasteiger partial charge in [-0.15, -0.1) is 0 Å². The van der Waals surface area contributed by atoms with Crippen molar-refractivity contribution >= 4 is 5.91 Å². The quantitative estimate of drug-likeness (QED) is 0.722. The summed E-state index contributed by atoms with van der Waals surface area (Å²) in [7, 11) is 1.71. The topological polar surface area (TPSA) is 44.4 Å². The van der Waals surface area contributed by atoms with E-state index >= 15 is 0 Å². The van der Waals surface area contributed by atoms with Gasteiger partial charge in [0.2, 0.25) is 5.91 Å². The summed E-state index contributed by atoms with van der Waals surface area (Å²) >= 11 is 0. The maximum atomic E-state index is 11.7. The Labute approximate surface area is 98.8 Å². The zero-order chi connectivity index (χ0) is 12.0. The number of carbonyl (C=O) groups is 1. The summed E-state index contributed by atoms with van der Waals surface area (Å²) in [6, 6.07) is 0.557. The van der Waals surface area contributed by atoms with Crippen molar-refractivity contribution in [1.29, 1.82) is 0 Å². The van der Waals surface area contributed by atoms with E-state index in [9.17, 15) is 4.79 Å². The third-order valence-electron chi connectivity index (χ3n) is 3.38. The molecule has 0 radical (unpaired) electrons. The van der Waals surface area contributed by atoms with Crippen molar-refractivity contribution in [1.82, 2.24) is 15.5 Å². The van der Waals surface area contributed by atoms with E-state index in [-0.39, 0.29) is 11.9 Å². The fourth-order valence-corrected chi connectivity index (χ4v) is 2.45. The number of hydrogen-bond acceptors (Lipinski definition) is 3. The van der Waals surface area contributed by atoms with Crippen LogP contribution in [0.25, 0.3) is 0 Å². The molecular formula is C12H25N3O. The number of hydrogen-bond donors (Lipinski definition) is 2. The molecule has 1 heterocycles. The molecule has 1 aliphatic heterocycles. The van der Waals surface area contributed by atoms with Crippen LogP contribution in [0.2, 0.25) is 0 Å². The lowest BCUT2D eigenvalue weighted by atomic mass is 10.0. The summed E-state index contributed by atoms with van der Waals surface area (Å²) < 4.78 is 0. The summed E-state index contributed by atoms with van der Waals surface area (Å²) in [5, 5.41) is 6.11. The van der Waals surface area contributed by atoms with Crippen LogP contribution < -0.4 is 10.6 Å². The lowest BCUT2D eigenvalue weighted by Gasteiger charge is -2.37. The normalized spacial score (nSPS) is 19.8. The van der Waals surface area contributed by atoms with Gasteiger partial charge >= 0.3 is 0 Å². The molecule has 4 nitrogen and oxygen atoms in total. The van der Waals surface area contributed by atoms with Crippen LogP contribution in [0.3, 0.4) is 0 Å². The molecule has 4 heteroatoms. The van der Waals surface area contributed by atoms with Gasteiger partial charge in [-0.1, -0.05) is 6.92 Å². The summed E-state index contributed by atoms with van der Waals surface area (Å²) in [5.74, 6) is 0.131. The van der Waals surface area contributed by atoms with Gasteiger partial charge < -0.3 is 10.6 Å². The van der Waals surface area contributed by atoms with Gasteiger partial charge in [-0.2, -0.15) is 0 Å². The van der Waals surface area contributed by atoms with E-state index in [0.29, 0.717) is 6.04 Å². The molecule has 1 rings (SSSR count). The molecule has 1 fully saturated rings. The van der Waals surface area contributed by atoms with Gasteiger partial charge in [0.25, 0.3) is 0 Å². The second kappa shape index (κ2) is 6.86. The molecule has 16 heavy (non-hydrogen) atoms. The van der Waals surface area contributed by atoms with Crippen molar-refractivity contribution in [2.45, 2.75) is 45.2 Å². The minimum absolute atomic E-state index is 0.00644. The first kappa shape index (κ1) is 13.5. The van der Waals surface area contributed by atoms with Gasteiger partial charge in [-0.05, 0) is 45.8 Å². The highest BCUT2D eigenvalue weighted by Crippen LogP contribution is 2.15. The third kappa shape index (κ3) is 3.46. The monoisotopic (exact) mass is 227 g/mol. The molecule has 94 valence electrons. The summed E-state index contributed by atoms with van der Waals surface area (Å²) in [4.78, 5) is 14.1. The van der Waals surface area contributed by atoms with Gasteiger partial charge in [0.1, 0.15) is 0 Å². The Morgan fingerprint density at radius 1 is 1.50 bits per heavy atom. The lowest BCUT2D eigenvalue weighted by molar-refractivity contribution is -0.126. The Morgan fingerprint density at radius 2 is 2.12 bits per heavy atom. The Kier molecular flexibility index (Phi) is 5.77. The number of nitrogens with zero attached hydrogens (tertiary/aromatic N) is 1. The average Bonchev–Trinajstić information content (AvgIpc) is 2.35. The second-order valence-corrected chi connectivity index (χ2v) is 4.51. The zero-order valence-corrected chi connectivity index (χ0v) is 10.8. The Balaban J connectivity index is 2.60. The van der Waals surface area contributed by atoms with Crippen LogP contribution in [-0.4, -0.2) is 49.6 Å². The molecule has 0 bridgehead atoms. The second-order valence-electron chi connectivity index (χ2n) is 4.51. The van der Waals surface area contributed by atoms with Crippen molar-refractivity contribution in [2.75, 3.05) is 26.7 Å². The van der Waals surface area contributed by atoms with Gasteiger partial charge in [0, 0.05) is 13.1 Å². The van der Waals surface area contributed by atoms with E-state index in [1.165, 1.54) is 0 Å². The van der Waals surface area contributed by atoms with Crippen molar-refractivity contribution in [3.63, 3.8) is 0 Å². The fraction of sp³-hybridized carbons (Fsp3) is 0.917. The smallest absolute Gasteiger partial charge is 0.236 e. The van der Waals surface area contributed by atoms with Crippen LogP contribution in [0.5, 0.6) is 0 Å². The molecular weight excluding hydrogens is 202 g/mol. The van der Waals surface area contributed by atoms with Crippen LogP contribution in [0, 0.1) is 0 Å². The largest absolute Gasteiger partial charge is 0.358 e. The number of amides is 1. The third-order valence-corrected chi connectivity index (χ3v) is 3.38. The van der Waals surface area contributed by atoms with Gasteiger partial charge in [0.15, 0.2) is 0 Å². The SMILES string of the molecule is CCCN(C1CCNCC1)C(C)C(=O)NC. The van der Waals surface area contributed by atoms with Gasteiger partial charge in [-0.3, -0.25) is 9.69 Å². The van der Waals surface area contributed by atoms with Crippen LogP contribution in [0.1, 0.15) is 33.1 Å². The predicted octanol–water partition coefficient (Wildman–Crippen LogP) is 0.585. The molecule has 0 aliphatic carbocycles. The van der Waals surface area contributed by atoms with Crippen molar-refractivity contribution in [3.05, 3.63) is 0 Å². The molecule has 2 N–H and O–H groups in total. The van der Waals surface area contributed by atoms with E-state index < -0.39 is 0 Å². The number of piperidine rings is 1. The maximum absolute atomic E-state index is 11.7. The van der Waals surface area contributed by atoms with Crippen LogP contribution in [0.15, 0.2) is 0 Å². The molecule has 1 atom stereocenters. The average molecular weight is 227 g/mol. The van der Waals surface area contributed by atoms with E-state index in [1.54, 1.807) is 7.05 Å². The minimum atomic E-state index is -0.00644. The number of nitrogens with one attached hydrogen (secondary N) is 2. The van der Waals surface area contributed by atoms with E-state index in [0.717, 1.165) is 38.9 Å². The first-order valence-electron chi connectivity index (χ1n) is 6.38. The molecule has 1 aliphatic rings. The first-order chi connectivity index (χ1) is 7.70. The fourth-order valence-electron chi connectivity index (χ4n) is 2.45. The van der Waals surface area contributed by atoms with Crippen LogP contribution >= 0.6 is 0 Å². The summed E-state index contributed by atoms with van der Waals surface area (Å²) in [6.45, 7) is 7.34. The summed E-state index contributed by atoms with van der Waals surface area (Å²) in [6.07, 6.45) is 3.41. The maximum Gasteiger partial charge on any atom is 0.236 e. The lowest BCUT2D eigenvalue weighted by Crippen LogP contribution is -2.52. The van der Waals surface area contributed by atoms with Crippen molar-refractivity contribution < 1.29 is 4.79 Å². The highest BCUT2D eigenvalue weighted by Gasteiger charge is 2.27. The molecule has 1 unspecified atom stereocenters. The highest BCUT2D eigenvalue weighted by atomic mass is 16.2. The zero-order valence-electron chi connectivity index (χ0n) is 10.8. The van der Waals surface area contributed by atoms with Crippen molar-refractivity contribution in [3.8, 4) is 0 Å². The minimum Gasteiger partial charge on any atom is -0.358 e. The van der Waals surface area contributed by atoms with Crippen LogP contribution in [0.4, 0.5) is 0 Å². The Morgan fingerprint density at radius 3 is 2.62 bits per heavy atom. The first-order valence-corrected chi connectivity index (χ1v) is 6.38. The van der Waals surface area contributed by atoms with Crippen molar-refractivity contribution in [2.24, 2.45) is 0 Å². The molecule has 0 spiro atoms. The Hall–Kier alpha value is -0.610. The number of carbonyl (C=O) groups excluding carboxylic acids is 1. The van der Waals surface area contributed by atoms with E-state index in [4.69, 9.17) is 0 Å². The Bertz CT molecular complexity index is 214. The molecule has 0 aromatic carbocycles. The highest BCUT2D eigenvalue weighted by molar-refractivity contribution is 5.81. The standard InChI is InChI=1S/C12H25N3O/c1-4-9-15(10(2)12(16)13-3)11-5-7-14-8-6-11/h10-11,14H,4-9H2,1-3H3,(H,13,16). The van der Waals surface area contributed by atoms with Crippen LogP contribution in [-0.2, 0) is 4.79 Å². The van der Waals surface area contributed by atoms with Gasteiger partial charge in [0.05, 0.1) is 6.04 Å². The molecule has 0 aromatic heterocycles. The predicted molar refractivity (Wildman–Crippen MR) is 66.4 cm³/mol. The molecule has 0 aromatic rings. The molecule has 1 amide bonds. The van der Waals surface area contributed by atoms with E-state index in [2.05, 4.69) is 22.5 Å².